The Labute approximate surface area is 324 Å². The standard InChI is InChI=1S/C8H9NO.C8H7N.C8H8O2.C8H8S2.2C6H7N/c1-6-2-4-7(5-3-6)8(9)10;1-7-2-4-8(6-9)5-3-7;2*1-6-2-4-7(5-3-6)8(9)10;1-6-2-4-7-5-3-6;1-6-3-2-4-7-5-6/h2-5H,1H3,(H2,9,10);2-5H,1H3;2*2-5H,1H3,(H,9,10);2*2-5H,1H3/p-3. The van der Waals surface area contributed by atoms with Crippen molar-refractivity contribution in [1.82, 2.24) is 9.97 Å². The molecule has 0 amide bonds. The molecule has 0 saturated heterocycles. The van der Waals surface area contributed by atoms with Gasteiger partial charge in [-0.15, -0.1) is 4.20 Å². The molecule has 0 bridgehead atoms. The van der Waals surface area contributed by atoms with Crippen molar-refractivity contribution in [2.24, 2.45) is 0 Å². The summed E-state index contributed by atoms with van der Waals surface area (Å²) in [6, 6.07) is 38.9. The minimum Gasteiger partial charge on any atom is -0.859 e. The maximum Gasteiger partial charge on any atom is 0.0991 e. The molecule has 7 nitrogen and oxygen atoms in total. The summed E-state index contributed by atoms with van der Waals surface area (Å²) in [7, 11) is 0. The summed E-state index contributed by atoms with van der Waals surface area (Å²) in [5.74, 6) is -1.75. The normalized spacial score (nSPS) is 9.00. The second kappa shape index (κ2) is 25.8. The van der Waals surface area contributed by atoms with E-state index in [1.54, 1.807) is 42.9 Å². The first-order valence-corrected chi connectivity index (χ1v) is 17.1. The third kappa shape index (κ3) is 21.7. The molecule has 0 unspecified atom stereocenters. The molecular weight excluding hydrogens is 697 g/mol. The highest BCUT2D eigenvalue weighted by molar-refractivity contribution is 8.01. The molecule has 0 aliphatic carbocycles. The number of nitrogens with zero attached hydrogens (tertiary/aromatic N) is 3. The van der Waals surface area contributed by atoms with Crippen LogP contribution in [0.5, 0.6) is 0 Å². The average molecular weight is 740 g/mol. The Hall–Kier alpha value is -6.08. The molecule has 1 N–H and O–H groups in total. The van der Waals surface area contributed by atoms with Crippen molar-refractivity contribution >= 4 is 40.9 Å². The van der Waals surface area contributed by atoms with Crippen LogP contribution < -0.4 is 10.2 Å². The van der Waals surface area contributed by atoms with Crippen LogP contribution in [0.2, 0.25) is 0 Å². The van der Waals surface area contributed by atoms with Crippen LogP contribution in [-0.2, 0) is 12.6 Å². The molecule has 0 fully saturated rings. The van der Waals surface area contributed by atoms with Crippen LogP contribution in [0.3, 0.4) is 0 Å². The van der Waals surface area contributed by atoms with Gasteiger partial charge in [0.1, 0.15) is 0 Å². The molecule has 6 aromatic rings. The maximum atomic E-state index is 10.4. The minimum absolute atomic E-state index is 0.227. The van der Waals surface area contributed by atoms with E-state index < -0.39 is 11.9 Å². The van der Waals surface area contributed by atoms with E-state index in [0.29, 0.717) is 9.76 Å². The number of aromatic carboxylic acids is 1. The first kappa shape index (κ1) is 44.9. The molecule has 2 aromatic heterocycles. The second-order valence-electron chi connectivity index (χ2n) is 11.5. The molecule has 4 aromatic carbocycles. The number of thiocarbonyl (C=S) groups is 1. The van der Waals surface area contributed by atoms with E-state index in [2.05, 4.69) is 16.0 Å². The van der Waals surface area contributed by atoms with Gasteiger partial charge in [-0.1, -0.05) is 113 Å². The van der Waals surface area contributed by atoms with E-state index in [0.717, 1.165) is 22.3 Å². The average Bonchev–Trinajstić information content (AvgIpc) is 3.14. The SMILES string of the molecule is Cc1ccc(C#N)cc1.Cc1ccc(C(=N)[O-])cc1.Cc1ccc(C(=O)[O-])cc1.Cc1ccc(C(=S)[S-])cc1.Cc1cccnc1.Cc1ccncc1. The van der Waals surface area contributed by atoms with Gasteiger partial charge >= 0.3 is 0 Å². The Morgan fingerprint density at radius 3 is 1.26 bits per heavy atom. The van der Waals surface area contributed by atoms with Gasteiger partial charge < -0.3 is 45.3 Å². The Kier molecular flexibility index (Phi) is 21.9. The summed E-state index contributed by atoms with van der Waals surface area (Å²) < 4.78 is 0.542. The largest absolute Gasteiger partial charge is 0.859 e. The summed E-state index contributed by atoms with van der Waals surface area (Å²) in [5.41, 5.74) is 9.41. The lowest BCUT2D eigenvalue weighted by Gasteiger charge is -2.05. The quantitative estimate of drug-likeness (QED) is 0.0838. The smallest absolute Gasteiger partial charge is 0.0991 e. The number of aryl methyl sites for hydroxylation is 6. The van der Waals surface area contributed by atoms with E-state index >= 15 is 0 Å². The molecule has 0 aliphatic heterocycles. The van der Waals surface area contributed by atoms with Gasteiger partial charge in [0, 0.05) is 24.8 Å². The van der Waals surface area contributed by atoms with Crippen molar-refractivity contribution in [1.29, 1.82) is 10.7 Å². The number of nitrogens with one attached hydrogen (secondary N) is 1. The Bertz CT molecular complexity index is 1810. The van der Waals surface area contributed by atoms with Gasteiger partial charge in [-0.2, -0.15) is 5.26 Å². The third-order valence-electron chi connectivity index (χ3n) is 6.73. The van der Waals surface area contributed by atoms with Crippen molar-refractivity contribution in [3.63, 3.8) is 0 Å². The predicted octanol–water partition coefficient (Wildman–Crippen LogP) is 7.90. The van der Waals surface area contributed by atoms with E-state index in [1.165, 1.54) is 34.4 Å². The lowest BCUT2D eigenvalue weighted by Crippen LogP contribution is -2.21. The lowest BCUT2D eigenvalue weighted by molar-refractivity contribution is -0.255. The number of pyridine rings is 2. The molecular formula is C44H43N4O3S2-3. The first-order valence-electron chi connectivity index (χ1n) is 16.3. The number of carbonyl (C=O) groups excluding carboxylic acids is 1. The van der Waals surface area contributed by atoms with Gasteiger partial charge in [0.25, 0.3) is 0 Å². The first-order chi connectivity index (χ1) is 25.2. The summed E-state index contributed by atoms with van der Waals surface area (Å²) >= 11 is 9.64. The van der Waals surface area contributed by atoms with Crippen LogP contribution in [0.1, 0.15) is 60.4 Å². The predicted molar refractivity (Wildman–Crippen MR) is 218 cm³/mol. The zero-order valence-electron chi connectivity index (χ0n) is 30.7. The van der Waals surface area contributed by atoms with Crippen molar-refractivity contribution in [3.05, 3.63) is 202 Å². The van der Waals surface area contributed by atoms with Gasteiger partial charge in [-0.25, -0.2) is 0 Å². The lowest BCUT2D eigenvalue weighted by atomic mass is 10.1. The molecule has 0 aliphatic rings. The van der Waals surface area contributed by atoms with Crippen molar-refractivity contribution in [2.45, 2.75) is 41.5 Å². The number of carboxylic acids is 1. The van der Waals surface area contributed by atoms with Gasteiger partial charge in [0.2, 0.25) is 0 Å². The van der Waals surface area contributed by atoms with Crippen LogP contribution in [0.4, 0.5) is 0 Å². The molecule has 6 rings (SSSR count). The number of hydrogen-bond acceptors (Lipinski definition) is 9. The summed E-state index contributed by atoms with van der Waals surface area (Å²) in [5, 5.41) is 35.8. The topological polar surface area (TPSA) is 137 Å². The van der Waals surface area contributed by atoms with Gasteiger partial charge in [-0.05, 0) is 106 Å². The molecule has 0 atom stereocenters. The molecule has 9 heteroatoms. The van der Waals surface area contributed by atoms with E-state index in [-0.39, 0.29) is 5.56 Å². The Morgan fingerprint density at radius 2 is 0.981 bits per heavy atom. The zero-order chi connectivity index (χ0) is 39.6. The minimum atomic E-state index is -1.12. The number of carboxylic acid groups (broad SMARTS) is 1. The highest BCUT2D eigenvalue weighted by Crippen LogP contribution is 2.04. The highest BCUT2D eigenvalue weighted by Gasteiger charge is 1.90. The highest BCUT2D eigenvalue weighted by atomic mass is 32.1. The van der Waals surface area contributed by atoms with Crippen LogP contribution in [0.25, 0.3) is 0 Å². The second-order valence-corrected chi connectivity index (χ2v) is 12.6. The molecule has 2 heterocycles. The molecule has 272 valence electrons. The van der Waals surface area contributed by atoms with Crippen LogP contribution in [0.15, 0.2) is 146 Å². The number of benzene rings is 4. The fraction of sp³-hybridized carbons (Fsp3) is 0.136. The van der Waals surface area contributed by atoms with Crippen molar-refractivity contribution in [2.75, 3.05) is 0 Å². The number of nitriles is 1. The fourth-order valence-corrected chi connectivity index (χ4v) is 3.86. The van der Waals surface area contributed by atoms with Crippen LogP contribution >= 0.6 is 12.2 Å². The van der Waals surface area contributed by atoms with E-state index in [9.17, 15) is 15.0 Å². The monoisotopic (exact) mass is 739 g/mol. The number of hydrogen-bond donors (Lipinski definition) is 1. The van der Waals surface area contributed by atoms with Crippen LogP contribution in [0, 0.1) is 58.3 Å². The van der Waals surface area contributed by atoms with Gasteiger partial charge in [-0.3, -0.25) is 9.97 Å². The zero-order valence-corrected chi connectivity index (χ0v) is 32.4. The molecule has 0 radical (unpaired) electrons. The summed E-state index contributed by atoms with van der Waals surface area (Å²) in [6.07, 6.45) is 7.18. The van der Waals surface area contributed by atoms with E-state index in [1.807, 2.05) is 133 Å². The molecule has 0 spiro atoms. The number of aromatic nitrogens is 2. The number of rotatable bonds is 3. The fourth-order valence-electron chi connectivity index (χ4n) is 3.59. The Balaban J connectivity index is 0.000000320. The number of carbonyl (C=O) groups is 1. The molecule has 0 saturated carbocycles. The summed E-state index contributed by atoms with van der Waals surface area (Å²) in [4.78, 5) is 17.9. The van der Waals surface area contributed by atoms with Crippen molar-refractivity contribution < 1.29 is 15.0 Å². The van der Waals surface area contributed by atoms with Crippen LogP contribution in [-0.4, -0.2) is 26.0 Å². The third-order valence-corrected chi connectivity index (χ3v) is 7.20. The summed E-state index contributed by atoms with van der Waals surface area (Å²) in [6.45, 7) is 11.9. The van der Waals surface area contributed by atoms with E-state index in [4.69, 9.17) is 35.5 Å². The van der Waals surface area contributed by atoms with Gasteiger partial charge in [0.05, 0.1) is 17.6 Å². The van der Waals surface area contributed by atoms with Gasteiger partial charge in [0.15, 0.2) is 0 Å². The molecule has 53 heavy (non-hydrogen) atoms. The Morgan fingerprint density at radius 1 is 0.585 bits per heavy atom. The van der Waals surface area contributed by atoms with Crippen molar-refractivity contribution in [3.8, 4) is 6.07 Å². The maximum absolute atomic E-state index is 10.4.